The van der Waals surface area contributed by atoms with E-state index in [0.717, 1.165) is 43.8 Å². The van der Waals surface area contributed by atoms with E-state index in [4.69, 9.17) is 9.73 Å². The quantitative estimate of drug-likeness (QED) is 0.775. The number of hydrogen-bond donors (Lipinski definition) is 0. The summed E-state index contributed by atoms with van der Waals surface area (Å²) in [5.41, 5.74) is 2.93. The van der Waals surface area contributed by atoms with Crippen LogP contribution in [0.15, 0.2) is 29.3 Å². The number of esters is 1. The van der Waals surface area contributed by atoms with Gasteiger partial charge in [0.15, 0.2) is 0 Å². The topological polar surface area (TPSA) is 41.9 Å². The van der Waals surface area contributed by atoms with Gasteiger partial charge in [-0.1, -0.05) is 31.5 Å². The molecule has 1 saturated carbocycles. The maximum absolute atomic E-state index is 13.3. The normalized spacial score (nSPS) is 40.7. The molecule has 3 saturated heterocycles. The molecule has 0 aromatic heterocycles. The van der Waals surface area contributed by atoms with Crippen molar-refractivity contribution in [3.05, 3.63) is 29.8 Å². The third-order valence-electron chi connectivity index (χ3n) is 7.20. The van der Waals surface area contributed by atoms with Crippen molar-refractivity contribution in [2.75, 3.05) is 20.2 Å². The van der Waals surface area contributed by atoms with Gasteiger partial charge in [-0.2, -0.15) is 0 Å². The molecular formula is C21H26N2O2. The van der Waals surface area contributed by atoms with Gasteiger partial charge < -0.3 is 4.74 Å². The van der Waals surface area contributed by atoms with Gasteiger partial charge in [0.05, 0.1) is 12.8 Å². The highest BCUT2D eigenvalue weighted by molar-refractivity contribution is 6.14. The van der Waals surface area contributed by atoms with Crippen molar-refractivity contribution in [2.45, 2.75) is 44.6 Å². The summed E-state index contributed by atoms with van der Waals surface area (Å²) < 4.78 is 5.43. The van der Waals surface area contributed by atoms with Crippen LogP contribution in [0.4, 0.5) is 5.69 Å². The molecule has 25 heavy (non-hydrogen) atoms. The number of nitrogens with zero attached hydrogens (tertiary/aromatic N) is 2. The van der Waals surface area contributed by atoms with Gasteiger partial charge in [-0.05, 0) is 49.3 Å². The van der Waals surface area contributed by atoms with Crippen LogP contribution in [-0.4, -0.2) is 42.8 Å². The molecule has 4 bridgehead atoms. The summed E-state index contributed by atoms with van der Waals surface area (Å²) in [7, 11) is 1.55. The van der Waals surface area contributed by atoms with Crippen molar-refractivity contribution in [1.29, 1.82) is 0 Å². The molecule has 4 nitrogen and oxygen atoms in total. The van der Waals surface area contributed by atoms with Gasteiger partial charge in [-0.3, -0.25) is 14.7 Å². The van der Waals surface area contributed by atoms with E-state index < -0.39 is 5.41 Å². The molecule has 0 N–H and O–H groups in total. The molecular weight excluding hydrogens is 312 g/mol. The van der Waals surface area contributed by atoms with Crippen molar-refractivity contribution >= 4 is 17.4 Å². The molecule has 5 aliphatic rings. The highest BCUT2D eigenvalue weighted by atomic mass is 16.5. The molecule has 4 aliphatic heterocycles. The van der Waals surface area contributed by atoms with Gasteiger partial charge in [0, 0.05) is 24.2 Å². The minimum Gasteiger partial charge on any atom is -0.468 e. The lowest BCUT2D eigenvalue weighted by molar-refractivity contribution is -0.164. The zero-order chi connectivity index (χ0) is 17.2. The molecule has 4 heteroatoms. The van der Waals surface area contributed by atoms with E-state index in [1.54, 1.807) is 7.11 Å². The summed E-state index contributed by atoms with van der Waals surface area (Å²) in [6, 6.07) is 8.70. The Morgan fingerprint density at radius 3 is 3.04 bits per heavy atom. The zero-order valence-electron chi connectivity index (χ0n) is 15.1. The minimum atomic E-state index is -0.545. The fourth-order valence-electron chi connectivity index (χ4n) is 6.42. The first-order valence-corrected chi connectivity index (χ1v) is 9.69. The third kappa shape index (κ3) is 1.92. The fraction of sp³-hybridized carbons (Fsp3) is 0.619. The number of carbonyl (C=O) groups is 1. The molecule has 0 spiro atoms. The summed E-state index contributed by atoms with van der Waals surface area (Å²) in [4.78, 5) is 20.9. The summed E-state index contributed by atoms with van der Waals surface area (Å²) in [6.07, 6.45) is 4.36. The standard InChI is InChI=1S/C21H26N2O2/c1-3-14-10-13-11-21(20(24)25-2)18-16(8-9-23(12-13)19(14)21)15-6-4-5-7-17(15)22-18/h4-7,13-14,16,19H,3,8-12H2,1-2H3. The number of fused-ring (bicyclic) bond motifs is 4. The molecule has 4 fully saturated rings. The van der Waals surface area contributed by atoms with E-state index in [1.165, 1.54) is 12.0 Å². The van der Waals surface area contributed by atoms with E-state index in [2.05, 4.69) is 30.0 Å². The Kier molecular flexibility index (Phi) is 3.37. The highest BCUT2D eigenvalue weighted by Gasteiger charge is 2.65. The van der Waals surface area contributed by atoms with Gasteiger partial charge in [0.1, 0.15) is 5.41 Å². The smallest absolute Gasteiger partial charge is 0.319 e. The SMILES string of the molecule is CCC1CC2CN3CCC4C(=Nc5ccccc54)C(C(=O)OC)(C2)C13. The van der Waals surface area contributed by atoms with E-state index in [9.17, 15) is 4.79 Å². The van der Waals surface area contributed by atoms with Crippen LogP contribution in [0.25, 0.3) is 0 Å². The average molecular weight is 338 g/mol. The lowest BCUT2D eigenvalue weighted by Gasteiger charge is -2.58. The van der Waals surface area contributed by atoms with Crippen molar-refractivity contribution in [3.63, 3.8) is 0 Å². The van der Waals surface area contributed by atoms with Crippen LogP contribution in [-0.2, 0) is 9.53 Å². The Balaban J connectivity index is 1.72. The first-order chi connectivity index (χ1) is 12.2. The number of aliphatic imine (C=N–C) groups is 1. The average Bonchev–Trinajstić information content (AvgIpc) is 3.00. The van der Waals surface area contributed by atoms with Gasteiger partial charge in [-0.15, -0.1) is 0 Å². The van der Waals surface area contributed by atoms with Crippen LogP contribution in [0.3, 0.4) is 0 Å². The van der Waals surface area contributed by atoms with Crippen molar-refractivity contribution in [2.24, 2.45) is 22.2 Å². The molecule has 1 aromatic rings. The largest absolute Gasteiger partial charge is 0.468 e. The predicted molar refractivity (Wildman–Crippen MR) is 97.2 cm³/mol. The zero-order valence-corrected chi connectivity index (χ0v) is 15.1. The molecule has 0 radical (unpaired) electrons. The third-order valence-corrected chi connectivity index (χ3v) is 7.20. The van der Waals surface area contributed by atoms with Crippen LogP contribution in [0.5, 0.6) is 0 Å². The summed E-state index contributed by atoms with van der Waals surface area (Å²) in [5.74, 6) is 1.37. The highest BCUT2D eigenvalue weighted by Crippen LogP contribution is 2.58. The Labute approximate surface area is 149 Å². The van der Waals surface area contributed by atoms with Crippen LogP contribution < -0.4 is 0 Å². The number of rotatable bonds is 2. The summed E-state index contributed by atoms with van der Waals surface area (Å²) >= 11 is 0. The lowest BCUT2D eigenvalue weighted by Crippen LogP contribution is -2.67. The monoisotopic (exact) mass is 338 g/mol. The molecule has 6 atom stereocenters. The lowest BCUT2D eigenvalue weighted by atomic mass is 9.55. The van der Waals surface area contributed by atoms with E-state index in [0.29, 0.717) is 11.8 Å². The molecule has 6 unspecified atom stereocenters. The second-order valence-corrected chi connectivity index (χ2v) is 8.27. The molecule has 0 amide bonds. The molecule has 4 heterocycles. The number of hydrogen-bond acceptors (Lipinski definition) is 4. The predicted octanol–water partition coefficient (Wildman–Crippen LogP) is 3.54. The Hall–Kier alpha value is -1.68. The van der Waals surface area contributed by atoms with Crippen molar-refractivity contribution < 1.29 is 9.53 Å². The second-order valence-electron chi connectivity index (χ2n) is 8.27. The van der Waals surface area contributed by atoms with Crippen LogP contribution in [0.2, 0.25) is 0 Å². The van der Waals surface area contributed by atoms with Gasteiger partial charge in [-0.25, -0.2) is 0 Å². The Morgan fingerprint density at radius 2 is 2.24 bits per heavy atom. The first kappa shape index (κ1) is 15.6. The van der Waals surface area contributed by atoms with E-state index in [1.807, 2.05) is 6.07 Å². The Bertz CT molecular complexity index is 758. The Morgan fingerprint density at radius 1 is 1.40 bits per heavy atom. The van der Waals surface area contributed by atoms with Crippen molar-refractivity contribution in [1.82, 2.24) is 4.90 Å². The van der Waals surface area contributed by atoms with Gasteiger partial charge in [0.25, 0.3) is 0 Å². The number of ether oxygens (including phenoxy) is 1. The maximum Gasteiger partial charge on any atom is 0.319 e. The second kappa shape index (κ2) is 5.41. The summed E-state index contributed by atoms with van der Waals surface area (Å²) in [5, 5.41) is 0. The number of methoxy groups -OCH3 is 1. The minimum absolute atomic E-state index is 0.0520. The fourth-order valence-corrected chi connectivity index (χ4v) is 6.42. The number of benzene rings is 1. The number of piperidine rings is 2. The molecule has 1 aromatic carbocycles. The first-order valence-electron chi connectivity index (χ1n) is 9.69. The number of carbonyl (C=O) groups excluding carboxylic acids is 1. The van der Waals surface area contributed by atoms with Crippen LogP contribution in [0, 0.1) is 17.3 Å². The maximum atomic E-state index is 13.3. The van der Waals surface area contributed by atoms with E-state index >= 15 is 0 Å². The van der Waals surface area contributed by atoms with Gasteiger partial charge >= 0.3 is 5.97 Å². The number of para-hydroxylation sites is 1. The van der Waals surface area contributed by atoms with Crippen LogP contribution >= 0.6 is 0 Å². The van der Waals surface area contributed by atoms with Crippen LogP contribution in [0.1, 0.15) is 44.1 Å². The van der Waals surface area contributed by atoms with Crippen molar-refractivity contribution in [3.8, 4) is 0 Å². The van der Waals surface area contributed by atoms with Gasteiger partial charge in [0.2, 0.25) is 0 Å². The molecule has 6 rings (SSSR count). The summed E-state index contributed by atoms with van der Waals surface area (Å²) in [6.45, 7) is 4.47. The molecule has 132 valence electrons. The van der Waals surface area contributed by atoms with E-state index in [-0.39, 0.29) is 17.9 Å². The molecule has 1 aliphatic carbocycles.